The summed E-state index contributed by atoms with van der Waals surface area (Å²) in [6.45, 7) is 2.97. The summed E-state index contributed by atoms with van der Waals surface area (Å²) >= 11 is 0. The second-order valence-corrected chi connectivity index (χ2v) is 6.05. The van der Waals surface area contributed by atoms with Crippen LogP contribution in [-0.2, 0) is 9.59 Å². The molecule has 1 aliphatic carbocycles. The van der Waals surface area contributed by atoms with Crippen molar-refractivity contribution < 1.29 is 14.7 Å². The van der Waals surface area contributed by atoms with Crippen LogP contribution in [0.1, 0.15) is 58.3 Å². The minimum atomic E-state index is -0.792. The summed E-state index contributed by atoms with van der Waals surface area (Å²) < 4.78 is 0. The van der Waals surface area contributed by atoms with Crippen LogP contribution >= 0.6 is 0 Å². The summed E-state index contributed by atoms with van der Waals surface area (Å²) in [6, 6.07) is -0.0612. The van der Waals surface area contributed by atoms with Crippen LogP contribution in [0.25, 0.3) is 0 Å². The van der Waals surface area contributed by atoms with Gasteiger partial charge in [0.15, 0.2) is 0 Å². The highest BCUT2D eigenvalue weighted by Gasteiger charge is 2.35. The molecule has 108 valence electrons. The lowest BCUT2D eigenvalue weighted by Crippen LogP contribution is -2.41. The molecule has 0 aromatic rings. The maximum atomic E-state index is 12.5. The Morgan fingerprint density at radius 2 is 1.84 bits per heavy atom. The lowest BCUT2D eigenvalue weighted by molar-refractivity contribution is -0.141. The van der Waals surface area contributed by atoms with E-state index in [0.717, 1.165) is 51.0 Å². The number of aliphatic carboxylic acids is 1. The Labute approximate surface area is 115 Å². The molecule has 0 aromatic heterocycles. The van der Waals surface area contributed by atoms with E-state index in [1.807, 2.05) is 4.90 Å². The first-order valence-corrected chi connectivity index (χ1v) is 7.64. The summed E-state index contributed by atoms with van der Waals surface area (Å²) in [4.78, 5) is 25.2. The van der Waals surface area contributed by atoms with Crippen molar-refractivity contribution >= 4 is 11.9 Å². The Morgan fingerprint density at radius 1 is 1.16 bits per heavy atom. The van der Waals surface area contributed by atoms with Crippen molar-refractivity contribution in [3.8, 4) is 0 Å². The van der Waals surface area contributed by atoms with Gasteiger partial charge in [0.05, 0.1) is 6.42 Å². The molecule has 2 aliphatic rings. The van der Waals surface area contributed by atoms with Crippen LogP contribution in [0.3, 0.4) is 0 Å². The lowest BCUT2D eigenvalue weighted by atomic mass is 9.80. The fourth-order valence-electron chi connectivity index (χ4n) is 3.59. The normalized spacial score (nSPS) is 31.4. The summed E-state index contributed by atoms with van der Waals surface area (Å²) in [5.41, 5.74) is 0. The van der Waals surface area contributed by atoms with Gasteiger partial charge in [-0.25, -0.2) is 0 Å². The Kier molecular flexibility index (Phi) is 4.83. The number of likely N-dealkylation sites (tertiary alicyclic amines) is 1. The van der Waals surface area contributed by atoms with Crippen LogP contribution < -0.4 is 0 Å². The molecule has 19 heavy (non-hydrogen) atoms. The van der Waals surface area contributed by atoms with E-state index < -0.39 is 5.97 Å². The van der Waals surface area contributed by atoms with Crippen molar-refractivity contribution in [2.75, 3.05) is 6.54 Å². The highest BCUT2D eigenvalue weighted by molar-refractivity contribution is 5.80. The molecule has 4 heteroatoms. The van der Waals surface area contributed by atoms with E-state index >= 15 is 0 Å². The molecule has 4 nitrogen and oxygen atoms in total. The minimum absolute atomic E-state index is 0.0612. The number of hydrogen-bond donors (Lipinski definition) is 1. The van der Waals surface area contributed by atoms with Gasteiger partial charge in [0, 0.05) is 18.5 Å². The molecule has 1 saturated carbocycles. The lowest BCUT2D eigenvalue weighted by Gasteiger charge is -2.32. The summed E-state index contributed by atoms with van der Waals surface area (Å²) in [5.74, 6) is 0.368. The Balaban J connectivity index is 1.90. The van der Waals surface area contributed by atoms with Crippen LogP contribution in [0.5, 0.6) is 0 Å². The standard InChI is InChI=1S/C15H25NO3/c1-2-11-5-7-12(8-6-11)15(19)16-9-3-4-13(16)10-14(17)18/h11-13H,2-10H2,1H3,(H,17,18). The zero-order chi connectivity index (χ0) is 13.8. The number of hydrogen-bond acceptors (Lipinski definition) is 2. The molecule has 0 aromatic carbocycles. The number of carboxylic acids is 1. The summed E-state index contributed by atoms with van der Waals surface area (Å²) in [5, 5.41) is 8.91. The van der Waals surface area contributed by atoms with Crippen molar-refractivity contribution in [2.24, 2.45) is 11.8 Å². The van der Waals surface area contributed by atoms with Crippen LogP contribution in [0, 0.1) is 11.8 Å². The second-order valence-electron chi connectivity index (χ2n) is 6.05. The smallest absolute Gasteiger partial charge is 0.305 e. The third kappa shape index (κ3) is 3.48. The van der Waals surface area contributed by atoms with Gasteiger partial charge in [-0.05, 0) is 44.4 Å². The first kappa shape index (κ1) is 14.4. The van der Waals surface area contributed by atoms with Gasteiger partial charge in [0.2, 0.25) is 5.91 Å². The Morgan fingerprint density at radius 3 is 2.42 bits per heavy atom. The minimum Gasteiger partial charge on any atom is -0.481 e. The molecule has 0 bridgehead atoms. The summed E-state index contributed by atoms with van der Waals surface area (Å²) in [7, 11) is 0. The predicted octanol–water partition coefficient (Wildman–Crippen LogP) is 2.67. The fraction of sp³-hybridized carbons (Fsp3) is 0.867. The predicted molar refractivity (Wildman–Crippen MR) is 72.7 cm³/mol. The SMILES string of the molecule is CCC1CCC(C(=O)N2CCCC2CC(=O)O)CC1. The first-order valence-electron chi connectivity index (χ1n) is 7.64. The number of amides is 1. The molecule has 0 radical (unpaired) electrons. The number of carbonyl (C=O) groups is 2. The molecule has 2 rings (SSSR count). The van der Waals surface area contributed by atoms with Gasteiger partial charge < -0.3 is 10.0 Å². The van der Waals surface area contributed by atoms with E-state index in [9.17, 15) is 9.59 Å². The molecule has 2 fully saturated rings. The third-order valence-corrected chi connectivity index (χ3v) is 4.84. The number of carbonyl (C=O) groups excluding carboxylic acids is 1. The average Bonchev–Trinajstić information content (AvgIpc) is 2.85. The van der Waals surface area contributed by atoms with Gasteiger partial charge in [-0.1, -0.05) is 13.3 Å². The first-order chi connectivity index (χ1) is 9.11. The zero-order valence-electron chi connectivity index (χ0n) is 11.8. The molecule has 1 N–H and O–H groups in total. The van der Waals surface area contributed by atoms with E-state index in [1.165, 1.54) is 6.42 Å². The third-order valence-electron chi connectivity index (χ3n) is 4.84. The van der Waals surface area contributed by atoms with Gasteiger partial charge in [-0.2, -0.15) is 0 Å². The van der Waals surface area contributed by atoms with E-state index in [2.05, 4.69) is 6.92 Å². The molecule has 1 aliphatic heterocycles. The molecule has 1 heterocycles. The van der Waals surface area contributed by atoms with Crippen molar-refractivity contribution in [1.82, 2.24) is 4.90 Å². The van der Waals surface area contributed by atoms with E-state index in [0.29, 0.717) is 0 Å². The highest BCUT2D eigenvalue weighted by Crippen LogP contribution is 2.33. The number of rotatable bonds is 4. The highest BCUT2D eigenvalue weighted by atomic mass is 16.4. The number of carboxylic acid groups (broad SMARTS) is 1. The van der Waals surface area contributed by atoms with E-state index in [-0.39, 0.29) is 24.3 Å². The monoisotopic (exact) mass is 267 g/mol. The van der Waals surface area contributed by atoms with Crippen molar-refractivity contribution in [1.29, 1.82) is 0 Å². The van der Waals surface area contributed by atoms with Gasteiger partial charge in [-0.3, -0.25) is 9.59 Å². The fourth-order valence-corrected chi connectivity index (χ4v) is 3.59. The van der Waals surface area contributed by atoms with E-state index in [4.69, 9.17) is 5.11 Å². The van der Waals surface area contributed by atoms with Crippen LogP contribution in [0.4, 0.5) is 0 Å². The molecule has 1 amide bonds. The van der Waals surface area contributed by atoms with Gasteiger partial charge >= 0.3 is 5.97 Å². The molecule has 1 unspecified atom stereocenters. The molecule has 1 atom stereocenters. The molecular weight excluding hydrogens is 242 g/mol. The molecule has 1 saturated heterocycles. The largest absolute Gasteiger partial charge is 0.481 e. The summed E-state index contributed by atoms with van der Waals surface area (Å²) in [6.07, 6.45) is 7.43. The van der Waals surface area contributed by atoms with Gasteiger partial charge in [0.1, 0.15) is 0 Å². The average molecular weight is 267 g/mol. The quantitative estimate of drug-likeness (QED) is 0.852. The van der Waals surface area contributed by atoms with Crippen molar-refractivity contribution in [3.63, 3.8) is 0 Å². The topological polar surface area (TPSA) is 57.6 Å². The van der Waals surface area contributed by atoms with Crippen LogP contribution in [-0.4, -0.2) is 34.5 Å². The second kappa shape index (κ2) is 6.40. The van der Waals surface area contributed by atoms with Crippen LogP contribution in [0.15, 0.2) is 0 Å². The van der Waals surface area contributed by atoms with E-state index in [1.54, 1.807) is 0 Å². The Hall–Kier alpha value is -1.06. The zero-order valence-corrected chi connectivity index (χ0v) is 11.8. The molecular formula is C15H25NO3. The van der Waals surface area contributed by atoms with Crippen LogP contribution in [0.2, 0.25) is 0 Å². The number of nitrogens with zero attached hydrogens (tertiary/aromatic N) is 1. The van der Waals surface area contributed by atoms with Crippen molar-refractivity contribution in [3.05, 3.63) is 0 Å². The maximum Gasteiger partial charge on any atom is 0.305 e. The van der Waals surface area contributed by atoms with Crippen molar-refractivity contribution in [2.45, 2.75) is 64.3 Å². The maximum absolute atomic E-state index is 12.5. The van der Waals surface area contributed by atoms with Gasteiger partial charge in [-0.15, -0.1) is 0 Å². The molecule has 0 spiro atoms. The van der Waals surface area contributed by atoms with Gasteiger partial charge in [0.25, 0.3) is 0 Å². The Bertz CT molecular complexity index is 334.